The molecule has 8 nitrogen and oxygen atoms in total. The summed E-state index contributed by atoms with van der Waals surface area (Å²) in [6.07, 6.45) is 3.18. The second-order valence-corrected chi connectivity index (χ2v) is 9.56. The Morgan fingerprint density at radius 3 is 2.57 bits per heavy atom. The van der Waals surface area contributed by atoms with E-state index in [1.807, 2.05) is 24.3 Å². The molecule has 2 aliphatic rings. The molecule has 0 spiro atoms. The van der Waals surface area contributed by atoms with Crippen molar-refractivity contribution in [1.29, 1.82) is 0 Å². The van der Waals surface area contributed by atoms with Gasteiger partial charge >= 0.3 is 0 Å². The zero-order valence-corrected chi connectivity index (χ0v) is 20.8. The molecule has 1 saturated heterocycles. The Kier molecular flexibility index (Phi) is 9.20. The fourth-order valence-corrected chi connectivity index (χ4v) is 5.47. The standard InChI is InChI=1S/C20H31N5O3S.HI/c1-21-19(26)15-16-7-11-24(12-8-16)20(22-2)23-10-14-29(27,28)25-13-9-17-5-3-4-6-18(17)25;/h3-6,16H,7-15H2,1-2H3,(H,21,26)(H,22,23);1H. The number of hydrogen-bond acceptors (Lipinski definition) is 4. The number of benzene rings is 1. The number of hydrogen-bond donors (Lipinski definition) is 2. The maximum Gasteiger partial charge on any atom is 0.236 e. The number of carbonyl (C=O) groups is 1. The minimum atomic E-state index is -3.38. The molecule has 0 bridgehead atoms. The highest BCUT2D eigenvalue weighted by atomic mass is 127. The van der Waals surface area contributed by atoms with Crippen molar-refractivity contribution in [3.05, 3.63) is 29.8 Å². The van der Waals surface area contributed by atoms with Crippen molar-refractivity contribution in [2.24, 2.45) is 10.9 Å². The minimum Gasteiger partial charge on any atom is -0.359 e. The molecule has 1 fully saturated rings. The highest BCUT2D eigenvalue weighted by Gasteiger charge is 2.29. The van der Waals surface area contributed by atoms with Crippen molar-refractivity contribution < 1.29 is 13.2 Å². The second kappa shape index (κ2) is 11.2. The topological polar surface area (TPSA) is 94.1 Å². The molecule has 1 aromatic carbocycles. The van der Waals surface area contributed by atoms with Crippen molar-refractivity contribution >= 4 is 51.6 Å². The number of piperidine rings is 1. The smallest absolute Gasteiger partial charge is 0.236 e. The Morgan fingerprint density at radius 2 is 1.90 bits per heavy atom. The van der Waals surface area contributed by atoms with E-state index in [1.54, 1.807) is 14.1 Å². The molecule has 3 rings (SSSR count). The Hall–Kier alpha value is -1.56. The Bertz CT molecular complexity index is 854. The number of halogens is 1. The number of amides is 1. The molecular weight excluding hydrogens is 517 g/mol. The molecule has 0 unspecified atom stereocenters. The first-order valence-corrected chi connectivity index (χ1v) is 11.8. The summed E-state index contributed by atoms with van der Waals surface area (Å²) in [5.41, 5.74) is 1.88. The van der Waals surface area contributed by atoms with Gasteiger partial charge < -0.3 is 15.5 Å². The van der Waals surface area contributed by atoms with Crippen molar-refractivity contribution in [2.75, 3.05) is 50.3 Å². The lowest BCUT2D eigenvalue weighted by Crippen LogP contribution is -2.47. The monoisotopic (exact) mass is 549 g/mol. The Morgan fingerprint density at radius 1 is 1.20 bits per heavy atom. The number of carbonyl (C=O) groups excluding carboxylic acids is 1. The number of fused-ring (bicyclic) bond motifs is 1. The first kappa shape index (κ1) is 24.7. The third-order valence-electron chi connectivity index (χ3n) is 5.70. The van der Waals surface area contributed by atoms with Crippen molar-refractivity contribution in [3.63, 3.8) is 0 Å². The summed E-state index contributed by atoms with van der Waals surface area (Å²) in [6, 6.07) is 7.67. The maximum atomic E-state index is 12.8. The van der Waals surface area contributed by atoms with Crippen molar-refractivity contribution in [1.82, 2.24) is 15.5 Å². The van der Waals surface area contributed by atoms with E-state index >= 15 is 0 Å². The average Bonchev–Trinajstić information content (AvgIpc) is 3.17. The van der Waals surface area contributed by atoms with E-state index in [0.29, 0.717) is 25.4 Å². The third-order valence-corrected chi connectivity index (χ3v) is 7.47. The maximum absolute atomic E-state index is 12.8. The van der Waals surface area contributed by atoms with Crippen molar-refractivity contribution in [2.45, 2.75) is 25.7 Å². The van der Waals surface area contributed by atoms with Gasteiger partial charge in [0.2, 0.25) is 15.9 Å². The fraction of sp³-hybridized carbons (Fsp3) is 0.600. The summed E-state index contributed by atoms with van der Waals surface area (Å²) < 4.78 is 27.1. The van der Waals surface area contributed by atoms with Crippen molar-refractivity contribution in [3.8, 4) is 0 Å². The molecule has 10 heteroatoms. The number of anilines is 1. The number of sulfonamides is 1. The lowest BCUT2D eigenvalue weighted by molar-refractivity contribution is -0.121. The van der Waals surface area contributed by atoms with Crippen LogP contribution in [0.3, 0.4) is 0 Å². The summed E-state index contributed by atoms with van der Waals surface area (Å²) in [4.78, 5) is 18.0. The molecule has 2 aliphatic heterocycles. The van der Waals surface area contributed by atoms with Gasteiger partial charge in [-0.15, -0.1) is 24.0 Å². The van der Waals surface area contributed by atoms with Gasteiger partial charge in [-0.2, -0.15) is 0 Å². The van der Waals surface area contributed by atoms with E-state index in [0.717, 1.165) is 49.6 Å². The van der Waals surface area contributed by atoms with Crippen LogP contribution >= 0.6 is 24.0 Å². The zero-order chi connectivity index (χ0) is 20.9. The first-order valence-electron chi connectivity index (χ1n) is 10.2. The molecule has 2 N–H and O–H groups in total. The van der Waals surface area contributed by atoms with Crippen LogP contribution in [-0.2, 0) is 21.2 Å². The van der Waals surface area contributed by atoms with Gasteiger partial charge in [-0.25, -0.2) is 8.42 Å². The first-order chi connectivity index (χ1) is 13.9. The quantitative estimate of drug-likeness (QED) is 0.318. The Balaban J connectivity index is 0.00000320. The van der Waals surface area contributed by atoms with E-state index in [2.05, 4.69) is 20.5 Å². The number of guanidine groups is 1. The number of para-hydroxylation sites is 1. The largest absolute Gasteiger partial charge is 0.359 e. The zero-order valence-electron chi connectivity index (χ0n) is 17.6. The van der Waals surface area contributed by atoms with Crippen LogP contribution in [0.25, 0.3) is 0 Å². The number of aliphatic imine (C=N–C) groups is 1. The summed E-state index contributed by atoms with van der Waals surface area (Å²) in [5, 5.41) is 5.88. The van der Waals surface area contributed by atoms with Crippen LogP contribution < -0.4 is 14.9 Å². The summed E-state index contributed by atoms with van der Waals surface area (Å²) >= 11 is 0. The van der Waals surface area contributed by atoms with E-state index in [-0.39, 0.29) is 35.6 Å². The van der Waals surface area contributed by atoms with Crippen LogP contribution in [0.4, 0.5) is 5.69 Å². The predicted molar refractivity (Wildman–Crippen MR) is 131 cm³/mol. The molecule has 168 valence electrons. The van der Waals surface area contributed by atoms with E-state index < -0.39 is 10.0 Å². The highest BCUT2D eigenvalue weighted by Crippen LogP contribution is 2.29. The Labute approximate surface area is 196 Å². The van der Waals surface area contributed by atoms with Gasteiger partial charge in [0.05, 0.1) is 11.4 Å². The van der Waals surface area contributed by atoms with E-state index in [9.17, 15) is 13.2 Å². The molecule has 1 amide bonds. The highest BCUT2D eigenvalue weighted by molar-refractivity contribution is 14.0. The van der Waals surface area contributed by atoms with Crippen LogP contribution in [0.5, 0.6) is 0 Å². The SMILES string of the molecule is CN=C(NCCS(=O)(=O)N1CCc2ccccc21)N1CCC(CC(=O)NC)CC1.I. The lowest BCUT2D eigenvalue weighted by Gasteiger charge is -2.34. The lowest BCUT2D eigenvalue weighted by atomic mass is 9.93. The van der Waals surface area contributed by atoms with Crippen LogP contribution in [0.2, 0.25) is 0 Å². The van der Waals surface area contributed by atoms with Gasteiger partial charge in [0.15, 0.2) is 5.96 Å². The second-order valence-electron chi connectivity index (χ2n) is 7.55. The van der Waals surface area contributed by atoms with Crippen LogP contribution in [-0.4, -0.2) is 71.2 Å². The van der Waals surface area contributed by atoms with E-state index in [1.165, 1.54) is 4.31 Å². The summed E-state index contributed by atoms with van der Waals surface area (Å²) in [6.45, 7) is 2.45. The predicted octanol–water partition coefficient (Wildman–Crippen LogP) is 1.42. The fourth-order valence-electron chi connectivity index (χ4n) is 4.04. The van der Waals surface area contributed by atoms with Crippen LogP contribution in [0.15, 0.2) is 29.3 Å². The summed E-state index contributed by atoms with van der Waals surface area (Å²) in [7, 11) is -0.00315. The molecule has 0 saturated carbocycles. The number of nitrogens with zero attached hydrogens (tertiary/aromatic N) is 3. The molecule has 0 radical (unpaired) electrons. The van der Waals surface area contributed by atoms with Crippen LogP contribution in [0.1, 0.15) is 24.8 Å². The molecule has 1 aromatic rings. The molecule has 0 aliphatic carbocycles. The van der Waals surface area contributed by atoms with E-state index in [4.69, 9.17) is 0 Å². The minimum absolute atomic E-state index is 0. The van der Waals surface area contributed by atoms with Gasteiger partial charge in [-0.1, -0.05) is 18.2 Å². The summed E-state index contributed by atoms with van der Waals surface area (Å²) in [5.74, 6) is 1.22. The molecule has 2 heterocycles. The van der Waals surface area contributed by atoms with Gasteiger partial charge in [0.1, 0.15) is 0 Å². The number of rotatable bonds is 6. The van der Waals surface area contributed by atoms with Gasteiger partial charge in [0.25, 0.3) is 0 Å². The number of nitrogens with one attached hydrogen (secondary N) is 2. The van der Waals surface area contributed by atoms with Crippen LogP contribution in [0, 0.1) is 5.92 Å². The molecule has 0 atom stereocenters. The van der Waals surface area contributed by atoms with Gasteiger partial charge in [-0.05, 0) is 36.8 Å². The molecule has 0 aromatic heterocycles. The normalized spacial score (nSPS) is 17.3. The molecular formula is C20H32IN5O3S. The average molecular weight is 549 g/mol. The van der Waals surface area contributed by atoms with Gasteiger partial charge in [-0.3, -0.25) is 14.1 Å². The molecule has 30 heavy (non-hydrogen) atoms. The third kappa shape index (κ3) is 5.99. The number of likely N-dealkylation sites (tertiary alicyclic amines) is 1. The van der Waals surface area contributed by atoms with Gasteiger partial charge in [0, 0.05) is 46.7 Å².